The molecule has 0 amide bonds. The fourth-order valence-electron chi connectivity index (χ4n) is 0.727. The Morgan fingerprint density at radius 1 is 1.10 bits per heavy atom. The molecule has 1 aliphatic heterocycles. The van der Waals surface area contributed by atoms with Crippen LogP contribution in [0.1, 0.15) is 0 Å². The molecule has 1 fully saturated rings. The van der Waals surface area contributed by atoms with E-state index in [1.165, 1.54) is 20.8 Å². The summed E-state index contributed by atoms with van der Waals surface area (Å²) in [6, 6.07) is 9.64. The lowest BCUT2D eigenvalue weighted by atomic mass is 10.4. The Labute approximate surface area is 66.9 Å². The molecular weight excluding hydrogens is 183 g/mol. The maximum atomic E-state index is 11.5. The van der Waals surface area contributed by atoms with Crippen LogP contribution in [0.15, 0.2) is 30.3 Å². The van der Waals surface area contributed by atoms with Gasteiger partial charge in [0, 0.05) is 5.30 Å². The van der Waals surface area contributed by atoms with Crippen LogP contribution in [0.25, 0.3) is 0 Å². The Morgan fingerprint density at radius 2 is 1.70 bits per heavy atom. The van der Waals surface area contributed by atoms with Gasteiger partial charge in [0.05, 0.1) is 0 Å². The van der Waals surface area contributed by atoms with E-state index in [4.69, 9.17) is 0 Å². The molecule has 0 spiro atoms. The third-order valence-electron chi connectivity index (χ3n) is 1.28. The minimum atomic E-state index is -1.93. The zero-order chi connectivity index (χ0) is 7.03. The largest absolute Gasteiger partial charge is 0.294 e. The predicted molar refractivity (Wildman–Crippen MR) is 48.9 cm³/mol. The summed E-state index contributed by atoms with van der Waals surface area (Å²) in [5.41, 5.74) is -1.93. The van der Waals surface area contributed by atoms with Crippen LogP contribution in [0.4, 0.5) is 0 Å². The molecule has 0 bridgehead atoms. The monoisotopic (exact) mass is 188 g/mol. The van der Waals surface area contributed by atoms with Gasteiger partial charge in [-0.3, -0.25) is 4.57 Å². The second-order valence-electron chi connectivity index (χ2n) is 1.98. The van der Waals surface area contributed by atoms with Crippen LogP contribution in [0.2, 0.25) is 0 Å². The number of rotatable bonds is 1. The third-order valence-corrected chi connectivity index (χ3v) is 8.94. The zero-order valence-electron chi connectivity index (χ0n) is 5.06. The van der Waals surface area contributed by atoms with Gasteiger partial charge in [-0.25, -0.2) is 0 Å². The lowest BCUT2D eigenvalue weighted by molar-refractivity contribution is 0.599. The molecule has 1 aromatic rings. The van der Waals surface area contributed by atoms with Crippen molar-refractivity contribution in [3.8, 4) is 0 Å². The van der Waals surface area contributed by atoms with Crippen LogP contribution >= 0.6 is 26.4 Å². The minimum Gasteiger partial charge on any atom is -0.294 e. The molecule has 1 saturated heterocycles. The first kappa shape index (κ1) is 6.84. The summed E-state index contributed by atoms with van der Waals surface area (Å²) in [4.78, 5) is 0. The molecule has 52 valence electrons. The number of hydrogen-bond donors (Lipinski definition) is 0. The second-order valence-corrected chi connectivity index (χ2v) is 11.1. The highest BCUT2D eigenvalue weighted by Gasteiger charge is 2.41. The maximum absolute atomic E-state index is 11.5. The minimum absolute atomic E-state index is 0.991. The third kappa shape index (κ3) is 1.14. The zero-order valence-corrected chi connectivity index (χ0v) is 7.59. The Hall–Kier alpha value is 0.150. The molecule has 0 aromatic heterocycles. The predicted octanol–water partition coefficient (Wildman–Crippen LogP) is 2.90. The molecule has 1 aromatic carbocycles. The summed E-state index contributed by atoms with van der Waals surface area (Å²) in [5.74, 6) is 0. The Bertz CT molecular complexity index is 277. The van der Waals surface area contributed by atoms with E-state index in [-0.39, 0.29) is 0 Å². The van der Waals surface area contributed by atoms with Gasteiger partial charge in [0.1, 0.15) is 0 Å². The highest BCUT2D eigenvalue weighted by Crippen LogP contribution is 2.93. The molecule has 0 atom stereocenters. The van der Waals surface area contributed by atoms with Gasteiger partial charge in [0.2, 0.25) is 5.55 Å². The first-order valence-corrected chi connectivity index (χ1v) is 7.92. The number of hydrogen-bond acceptors (Lipinski definition) is 3. The van der Waals surface area contributed by atoms with Crippen molar-refractivity contribution in [1.82, 2.24) is 0 Å². The molecule has 0 aliphatic carbocycles. The van der Waals surface area contributed by atoms with Gasteiger partial charge in [0.15, 0.2) is 0 Å². The molecule has 1 aliphatic rings. The summed E-state index contributed by atoms with van der Waals surface area (Å²) < 4.78 is 11.5. The number of benzene rings is 1. The lowest BCUT2D eigenvalue weighted by Gasteiger charge is -1.90. The Balaban J connectivity index is 2.44. The van der Waals surface area contributed by atoms with Crippen molar-refractivity contribution in [3.05, 3.63) is 30.3 Å². The average molecular weight is 188 g/mol. The Kier molecular flexibility index (Phi) is 1.59. The van der Waals surface area contributed by atoms with Gasteiger partial charge < -0.3 is 0 Å². The molecule has 0 saturated carbocycles. The molecule has 10 heavy (non-hydrogen) atoms. The van der Waals surface area contributed by atoms with Crippen LogP contribution in [0, 0.1) is 0 Å². The average Bonchev–Trinajstić information content (AvgIpc) is 2.72. The highest BCUT2D eigenvalue weighted by molar-refractivity contribution is 9.46. The van der Waals surface area contributed by atoms with E-state index in [1.807, 2.05) is 30.3 Å². The molecule has 1 nitrogen and oxygen atoms in total. The molecule has 2 rings (SSSR count). The standard InChI is InChI=1S/C6H5OPS2/c7-8(9-10-8)6-4-2-1-3-5-6/h1-5H. The quantitative estimate of drug-likeness (QED) is 0.383. The van der Waals surface area contributed by atoms with Crippen molar-refractivity contribution in [2.75, 3.05) is 0 Å². The second kappa shape index (κ2) is 2.33. The maximum Gasteiger partial charge on any atom is 0.240 e. The molecule has 0 N–H and O–H groups in total. The lowest BCUT2D eigenvalue weighted by Crippen LogP contribution is -1.90. The van der Waals surface area contributed by atoms with Gasteiger partial charge in [-0.15, -0.1) is 0 Å². The van der Waals surface area contributed by atoms with Crippen molar-refractivity contribution in [2.24, 2.45) is 0 Å². The van der Waals surface area contributed by atoms with Gasteiger partial charge >= 0.3 is 0 Å². The first-order chi connectivity index (χ1) is 4.81. The fourth-order valence-corrected chi connectivity index (χ4v) is 6.65. The molecule has 0 radical (unpaired) electrons. The van der Waals surface area contributed by atoms with E-state index in [1.54, 1.807) is 0 Å². The highest BCUT2D eigenvalue weighted by atomic mass is 33.8. The summed E-state index contributed by atoms with van der Waals surface area (Å²) in [6.07, 6.45) is 0. The van der Waals surface area contributed by atoms with E-state index in [2.05, 4.69) is 0 Å². The summed E-state index contributed by atoms with van der Waals surface area (Å²) in [5, 5.41) is 0.991. The Morgan fingerprint density at radius 3 is 2.20 bits per heavy atom. The van der Waals surface area contributed by atoms with E-state index in [0.717, 1.165) is 5.30 Å². The van der Waals surface area contributed by atoms with E-state index in [0.29, 0.717) is 0 Å². The van der Waals surface area contributed by atoms with Crippen molar-refractivity contribution in [3.63, 3.8) is 0 Å². The van der Waals surface area contributed by atoms with Gasteiger partial charge in [-0.1, -0.05) is 18.2 Å². The van der Waals surface area contributed by atoms with Gasteiger partial charge in [-0.05, 0) is 33.0 Å². The van der Waals surface area contributed by atoms with Gasteiger partial charge in [0.25, 0.3) is 0 Å². The van der Waals surface area contributed by atoms with Crippen molar-refractivity contribution < 1.29 is 4.57 Å². The van der Waals surface area contributed by atoms with Crippen LogP contribution in [0.3, 0.4) is 0 Å². The van der Waals surface area contributed by atoms with Crippen LogP contribution in [0.5, 0.6) is 0 Å². The molecular formula is C6H5OPS2. The van der Waals surface area contributed by atoms with Crippen LogP contribution in [-0.4, -0.2) is 0 Å². The van der Waals surface area contributed by atoms with Crippen LogP contribution in [-0.2, 0) is 4.57 Å². The summed E-state index contributed by atoms with van der Waals surface area (Å²) in [6.45, 7) is 0. The van der Waals surface area contributed by atoms with Crippen molar-refractivity contribution in [1.29, 1.82) is 0 Å². The smallest absolute Gasteiger partial charge is 0.240 e. The summed E-state index contributed by atoms with van der Waals surface area (Å²) >= 11 is 0. The normalized spacial score (nSPS) is 20.4. The van der Waals surface area contributed by atoms with E-state index < -0.39 is 5.55 Å². The SMILES string of the molecule is O=P1(c2ccccc2)SS1. The first-order valence-electron chi connectivity index (χ1n) is 2.85. The van der Waals surface area contributed by atoms with E-state index >= 15 is 0 Å². The fraction of sp³-hybridized carbons (Fsp3) is 0. The molecule has 4 heteroatoms. The van der Waals surface area contributed by atoms with Crippen molar-refractivity contribution >= 4 is 31.7 Å². The van der Waals surface area contributed by atoms with Crippen molar-refractivity contribution in [2.45, 2.75) is 0 Å². The topological polar surface area (TPSA) is 17.1 Å². The summed E-state index contributed by atoms with van der Waals surface area (Å²) in [7, 11) is 2.99. The van der Waals surface area contributed by atoms with Crippen LogP contribution < -0.4 is 5.30 Å². The van der Waals surface area contributed by atoms with Gasteiger partial charge in [-0.2, -0.15) is 0 Å². The van der Waals surface area contributed by atoms with E-state index in [9.17, 15) is 4.57 Å². The molecule has 1 heterocycles. The molecule has 0 unspecified atom stereocenters.